The van der Waals surface area contributed by atoms with Gasteiger partial charge in [0.25, 0.3) is 0 Å². The quantitative estimate of drug-likeness (QED) is 0.872. The molecule has 0 bridgehead atoms. The van der Waals surface area contributed by atoms with Gasteiger partial charge in [-0.25, -0.2) is 0 Å². The fraction of sp³-hybridized carbons (Fsp3) is 0.643. The highest BCUT2D eigenvalue weighted by molar-refractivity contribution is 5.06. The molecule has 94 valence electrons. The van der Waals surface area contributed by atoms with Crippen LogP contribution in [0.5, 0.6) is 0 Å². The van der Waals surface area contributed by atoms with Gasteiger partial charge in [0.2, 0.25) is 0 Å². The van der Waals surface area contributed by atoms with Gasteiger partial charge in [-0.2, -0.15) is 0 Å². The average Bonchev–Trinajstić information content (AvgIpc) is 2.54. The Kier molecular flexibility index (Phi) is 3.79. The van der Waals surface area contributed by atoms with Gasteiger partial charge in [0.1, 0.15) is 0 Å². The molecular weight excluding hydrogens is 214 g/mol. The lowest BCUT2D eigenvalue weighted by Crippen LogP contribution is -2.32. The Hall–Kier alpha value is -0.930. The van der Waals surface area contributed by atoms with Crippen LogP contribution < -0.4 is 0 Å². The van der Waals surface area contributed by atoms with Crippen LogP contribution in [-0.4, -0.2) is 28.4 Å². The summed E-state index contributed by atoms with van der Waals surface area (Å²) in [4.78, 5) is 4.26. The van der Waals surface area contributed by atoms with Gasteiger partial charge in [-0.3, -0.25) is 4.98 Å². The molecule has 1 aliphatic rings. The normalized spacial score (nSPS) is 34.8. The molecule has 0 aliphatic carbocycles. The van der Waals surface area contributed by atoms with Crippen LogP contribution in [0.4, 0.5) is 0 Å². The van der Waals surface area contributed by atoms with Crippen molar-refractivity contribution in [2.45, 2.75) is 45.5 Å². The second-order valence-electron chi connectivity index (χ2n) is 5.08. The van der Waals surface area contributed by atoms with Crippen LogP contribution in [0.1, 0.15) is 26.5 Å². The van der Waals surface area contributed by atoms with E-state index >= 15 is 0 Å². The Morgan fingerprint density at radius 3 is 2.59 bits per heavy atom. The molecule has 2 heterocycles. The summed E-state index contributed by atoms with van der Waals surface area (Å²) in [5, 5.41) is 10.3. The first-order chi connectivity index (χ1) is 8.09. The number of hydrogen-bond acceptors (Lipinski definition) is 3. The molecule has 0 radical (unpaired) electrons. The number of ether oxygens (including phenoxy) is 1. The fourth-order valence-electron chi connectivity index (χ4n) is 2.83. The minimum absolute atomic E-state index is 0.124. The minimum Gasteiger partial charge on any atom is -0.392 e. The third-order valence-electron chi connectivity index (χ3n) is 3.91. The maximum absolute atomic E-state index is 10.3. The topological polar surface area (TPSA) is 42.4 Å². The predicted molar refractivity (Wildman–Crippen MR) is 66.6 cm³/mol. The fourth-order valence-corrected chi connectivity index (χ4v) is 2.83. The molecule has 1 aliphatic heterocycles. The zero-order valence-electron chi connectivity index (χ0n) is 10.7. The van der Waals surface area contributed by atoms with E-state index in [1.54, 1.807) is 6.20 Å². The number of aliphatic hydroxyl groups is 1. The Morgan fingerprint density at radius 1 is 1.29 bits per heavy atom. The van der Waals surface area contributed by atoms with Gasteiger partial charge < -0.3 is 9.84 Å². The smallest absolute Gasteiger partial charge is 0.0651 e. The molecule has 3 heteroatoms. The van der Waals surface area contributed by atoms with Crippen LogP contribution in [0.15, 0.2) is 24.4 Å². The molecule has 1 aromatic heterocycles. The first kappa shape index (κ1) is 12.5. The van der Waals surface area contributed by atoms with Gasteiger partial charge in [-0.1, -0.05) is 13.0 Å². The predicted octanol–water partition coefficient (Wildman–Crippen LogP) is 2.04. The Morgan fingerprint density at radius 2 is 2.06 bits per heavy atom. The summed E-state index contributed by atoms with van der Waals surface area (Å²) in [6.45, 7) is 6.28. The highest BCUT2D eigenvalue weighted by Gasteiger charge is 2.41. The number of nitrogens with zero attached hydrogens (tertiary/aromatic N) is 1. The number of aliphatic hydroxyl groups excluding tert-OH is 1. The van der Waals surface area contributed by atoms with Gasteiger partial charge in [0, 0.05) is 24.2 Å². The summed E-state index contributed by atoms with van der Waals surface area (Å²) in [6.07, 6.45) is 2.35. The molecule has 1 fully saturated rings. The van der Waals surface area contributed by atoms with Crippen molar-refractivity contribution < 1.29 is 9.84 Å². The summed E-state index contributed by atoms with van der Waals surface area (Å²) in [5.74, 6) is 0.593. The molecule has 5 atom stereocenters. The van der Waals surface area contributed by atoms with Gasteiger partial charge in [0.15, 0.2) is 0 Å². The summed E-state index contributed by atoms with van der Waals surface area (Å²) in [6, 6.07) is 5.80. The van der Waals surface area contributed by atoms with Crippen molar-refractivity contribution in [2.24, 2.45) is 11.8 Å². The van der Waals surface area contributed by atoms with Crippen molar-refractivity contribution in [3.05, 3.63) is 30.1 Å². The Labute approximate surface area is 103 Å². The van der Waals surface area contributed by atoms with Gasteiger partial charge >= 0.3 is 0 Å². The standard InChI is InChI=1S/C14H21NO2/c1-9-10(2)17-11(3)14(9)13(16)8-12-6-4-5-7-15-12/h4-7,9-11,13-14,16H,8H2,1-3H3. The number of aromatic nitrogens is 1. The molecule has 0 amide bonds. The monoisotopic (exact) mass is 235 g/mol. The van der Waals surface area contributed by atoms with E-state index in [1.807, 2.05) is 25.1 Å². The Balaban J connectivity index is 2.03. The van der Waals surface area contributed by atoms with Crippen LogP contribution in [0, 0.1) is 11.8 Å². The number of rotatable bonds is 3. The number of hydrogen-bond donors (Lipinski definition) is 1. The van der Waals surface area contributed by atoms with Crippen molar-refractivity contribution in [3.8, 4) is 0 Å². The Bertz CT molecular complexity index is 354. The third-order valence-corrected chi connectivity index (χ3v) is 3.91. The first-order valence-electron chi connectivity index (χ1n) is 6.33. The van der Waals surface area contributed by atoms with E-state index in [0.717, 1.165) is 5.69 Å². The summed E-state index contributed by atoms with van der Waals surface area (Å²) in [5.41, 5.74) is 0.943. The van der Waals surface area contributed by atoms with Crippen molar-refractivity contribution in [3.63, 3.8) is 0 Å². The van der Waals surface area contributed by atoms with Crippen LogP contribution in [0.2, 0.25) is 0 Å². The molecular formula is C14H21NO2. The van der Waals surface area contributed by atoms with E-state index in [9.17, 15) is 5.11 Å². The lowest BCUT2D eigenvalue weighted by atomic mass is 9.83. The van der Waals surface area contributed by atoms with Crippen LogP contribution in [0.3, 0.4) is 0 Å². The molecule has 2 rings (SSSR count). The van der Waals surface area contributed by atoms with Crippen molar-refractivity contribution >= 4 is 0 Å². The van der Waals surface area contributed by atoms with Crippen LogP contribution >= 0.6 is 0 Å². The zero-order valence-corrected chi connectivity index (χ0v) is 10.7. The van der Waals surface area contributed by atoms with Gasteiger partial charge in [-0.05, 0) is 31.9 Å². The average molecular weight is 235 g/mol. The van der Waals surface area contributed by atoms with Crippen LogP contribution in [0.25, 0.3) is 0 Å². The lowest BCUT2D eigenvalue weighted by Gasteiger charge is -2.24. The van der Waals surface area contributed by atoms with Crippen molar-refractivity contribution in [1.29, 1.82) is 0 Å². The molecule has 0 spiro atoms. The largest absolute Gasteiger partial charge is 0.392 e. The third kappa shape index (κ3) is 2.67. The zero-order chi connectivity index (χ0) is 12.4. The summed E-state index contributed by atoms with van der Waals surface area (Å²) >= 11 is 0. The molecule has 1 aromatic rings. The minimum atomic E-state index is -0.375. The summed E-state index contributed by atoms with van der Waals surface area (Å²) < 4.78 is 5.76. The molecule has 17 heavy (non-hydrogen) atoms. The van der Waals surface area contributed by atoms with Crippen LogP contribution in [-0.2, 0) is 11.2 Å². The summed E-state index contributed by atoms with van der Waals surface area (Å²) in [7, 11) is 0. The van der Waals surface area contributed by atoms with E-state index in [0.29, 0.717) is 12.3 Å². The van der Waals surface area contributed by atoms with Gasteiger partial charge in [0.05, 0.1) is 18.3 Å². The molecule has 0 saturated carbocycles. The maximum atomic E-state index is 10.3. The highest BCUT2D eigenvalue weighted by Crippen LogP contribution is 2.35. The second kappa shape index (κ2) is 5.15. The molecule has 5 unspecified atom stereocenters. The second-order valence-corrected chi connectivity index (χ2v) is 5.08. The van der Waals surface area contributed by atoms with E-state index in [-0.39, 0.29) is 24.2 Å². The van der Waals surface area contributed by atoms with Gasteiger partial charge in [-0.15, -0.1) is 0 Å². The molecule has 1 saturated heterocycles. The lowest BCUT2D eigenvalue weighted by molar-refractivity contribution is 0.0237. The van der Waals surface area contributed by atoms with E-state index in [1.165, 1.54) is 0 Å². The molecule has 1 N–H and O–H groups in total. The van der Waals surface area contributed by atoms with Crippen molar-refractivity contribution in [1.82, 2.24) is 4.98 Å². The van der Waals surface area contributed by atoms with Crippen molar-refractivity contribution in [2.75, 3.05) is 0 Å². The molecule has 0 aromatic carbocycles. The van der Waals surface area contributed by atoms with E-state index in [4.69, 9.17) is 4.74 Å². The first-order valence-corrected chi connectivity index (χ1v) is 6.33. The SMILES string of the molecule is CC1OC(C)C(C(O)Cc2ccccn2)C1C. The van der Waals surface area contributed by atoms with E-state index in [2.05, 4.69) is 18.8 Å². The maximum Gasteiger partial charge on any atom is 0.0651 e. The number of pyridine rings is 1. The highest BCUT2D eigenvalue weighted by atomic mass is 16.5. The van der Waals surface area contributed by atoms with E-state index < -0.39 is 0 Å². The molecule has 3 nitrogen and oxygen atoms in total.